The van der Waals surface area contributed by atoms with Crippen LogP contribution in [0.15, 0.2) is 24.8 Å². The average Bonchev–Trinajstić information content (AvgIpc) is 2.11. The van der Waals surface area contributed by atoms with E-state index in [1.54, 1.807) is 6.92 Å². The molecule has 0 saturated carbocycles. The summed E-state index contributed by atoms with van der Waals surface area (Å²) < 4.78 is 25.5. The van der Waals surface area contributed by atoms with E-state index in [1.807, 2.05) is 0 Å². The van der Waals surface area contributed by atoms with Crippen LogP contribution in [0.1, 0.15) is 6.92 Å². The van der Waals surface area contributed by atoms with Crippen molar-refractivity contribution in [2.24, 2.45) is 0 Å². The molecule has 0 bridgehead atoms. The van der Waals surface area contributed by atoms with Gasteiger partial charge < -0.3 is 0 Å². The highest BCUT2D eigenvalue weighted by Gasteiger charge is 2.12. The Bertz CT molecular complexity index is 301. The molecule has 0 aliphatic carbocycles. The lowest BCUT2D eigenvalue weighted by Gasteiger charge is -1.98. The van der Waals surface area contributed by atoms with Crippen LogP contribution in [0.25, 0.3) is 0 Å². The monoisotopic (exact) mass is 206 g/mol. The van der Waals surface area contributed by atoms with Crippen LogP contribution in [0.4, 0.5) is 0 Å². The van der Waals surface area contributed by atoms with Crippen LogP contribution in [0, 0.1) is 0 Å². The molecule has 0 heterocycles. The molecule has 13 heavy (non-hydrogen) atoms. The number of rotatable bonds is 5. The lowest BCUT2D eigenvalue weighted by Crippen LogP contribution is -2.12. The standard InChI is InChI=1S/C7H10O5S/c1-3-5-6-13(9,10)12-11-7(8)4-2/h3-5H,2,6H2,1H3. The van der Waals surface area contributed by atoms with Crippen molar-refractivity contribution in [2.45, 2.75) is 6.92 Å². The zero-order valence-electron chi connectivity index (χ0n) is 7.10. The summed E-state index contributed by atoms with van der Waals surface area (Å²) in [6.45, 7) is 4.72. The number of hydrogen-bond donors (Lipinski definition) is 0. The fourth-order valence-electron chi connectivity index (χ4n) is 0.361. The minimum absolute atomic E-state index is 0.339. The molecule has 0 fully saturated rings. The molecule has 0 rings (SSSR count). The fourth-order valence-corrected chi connectivity index (χ4v) is 1.02. The Hall–Kier alpha value is -1.14. The molecule has 0 N–H and O–H groups in total. The van der Waals surface area contributed by atoms with E-state index >= 15 is 0 Å². The lowest BCUT2D eigenvalue weighted by molar-refractivity contribution is -0.204. The van der Waals surface area contributed by atoms with Crippen LogP contribution in [-0.2, 0) is 24.1 Å². The Morgan fingerprint density at radius 2 is 2.15 bits per heavy atom. The summed E-state index contributed by atoms with van der Waals surface area (Å²) >= 11 is 0. The number of hydrogen-bond acceptors (Lipinski definition) is 5. The number of carbonyl (C=O) groups is 1. The average molecular weight is 206 g/mol. The van der Waals surface area contributed by atoms with E-state index in [4.69, 9.17) is 0 Å². The third-order valence-corrected chi connectivity index (χ3v) is 1.80. The number of allylic oxidation sites excluding steroid dienone is 1. The van der Waals surface area contributed by atoms with Crippen molar-refractivity contribution in [3.8, 4) is 0 Å². The van der Waals surface area contributed by atoms with Crippen LogP contribution in [-0.4, -0.2) is 20.1 Å². The summed E-state index contributed by atoms with van der Waals surface area (Å²) in [6, 6.07) is 0. The summed E-state index contributed by atoms with van der Waals surface area (Å²) in [5.41, 5.74) is 0. The molecular formula is C7H10O5S. The van der Waals surface area contributed by atoms with Gasteiger partial charge in [-0.15, -0.1) is 0 Å². The molecule has 0 aromatic heterocycles. The zero-order valence-corrected chi connectivity index (χ0v) is 7.91. The molecular weight excluding hydrogens is 196 g/mol. The first-order chi connectivity index (χ1) is 6.02. The quantitative estimate of drug-likeness (QED) is 0.284. The summed E-state index contributed by atoms with van der Waals surface area (Å²) in [5.74, 6) is -1.29. The van der Waals surface area contributed by atoms with E-state index in [-0.39, 0.29) is 5.75 Å². The fraction of sp³-hybridized carbons (Fsp3) is 0.286. The van der Waals surface area contributed by atoms with Gasteiger partial charge in [-0.25, -0.2) is 4.79 Å². The predicted octanol–water partition coefficient (Wildman–Crippen LogP) is 0.553. The van der Waals surface area contributed by atoms with Crippen molar-refractivity contribution in [3.63, 3.8) is 0 Å². The van der Waals surface area contributed by atoms with Gasteiger partial charge in [-0.2, -0.15) is 8.42 Å². The van der Waals surface area contributed by atoms with Gasteiger partial charge in [-0.3, -0.25) is 4.89 Å². The van der Waals surface area contributed by atoms with E-state index in [0.29, 0.717) is 0 Å². The Kier molecular flexibility index (Phi) is 5.01. The molecule has 5 nitrogen and oxygen atoms in total. The maximum Gasteiger partial charge on any atom is 0.366 e. The van der Waals surface area contributed by atoms with E-state index < -0.39 is 16.1 Å². The lowest BCUT2D eigenvalue weighted by atomic mass is 10.6. The van der Waals surface area contributed by atoms with E-state index in [2.05, 4.69) is 15.8 Å². The van der Waals surface area contributed by atoms with Crippen molar-refractivity contribution in [3.05, 3.63) is 24.8 Å². The van der Waals surface area contributed by atoms with Gasteiger partial charge in [-0.1, -0.05) is 23.1 Å². The van der Waals surface area contributed by atoms with Crippen LogP contribution in [0.2, 0.25) is 0 Å². The van der Waals surface area contributed by atoms with Crippen LogP contribution >= 0.6 is 0 Å². The topological polar surface area (TPSA) is 69.7 Å². The van der Waals surface area contributed by atoms with Gasteiger partial charge in [0.15, 0.2) is 0 Å². The van der Waals surface area contributed by atoms with Crippen molar-refractivity contribution in [1.82, 2.24) is 0 Å². The normalized spacial score (nSPS) is 11.5. The maximum atomic E-state index is 10.8. The molecule has 0 radical (unpaired) electrons. The van der Waals surface area contributed by atoms with Gasteiger partial charge in [0.05, 0.1) is 5.75 Å². The second kappa shape index (κ2) is 5.50. The Morgan fingerprint density at radius 3 is 2.62 bits per heavy atom. The Balaban J connectivity index is 4.04. The highest BCUT2D eigenvalue weighted by Crippen LogP contribution is 1.96. The third kappa shape index (κ3) is 6.06. The van der Waals surface area contributed by atoms with Gasteiger partial charge in [0.2, 0.25) is 0 Å². The van der Waals surface area contributed by atoms with Crippen molar-refractivity contribution in [1.29, 1.82) is 0 Å². The molecule has 0 aliphatic heterocycles. The molecule has 0 aromatic carbocycles. The second-order valence-electron chi connectivity index (χ2n) is 1.97. The van der Waals surface area contributed by atoms with Crippen molar-refractivity contribution < 1.29 is 22.4 Å². The first kappa shape index (κ1) is 11.9. The van der Waals surface area contributed by atoms with Crippen molar-refractivity contribution in [2.75, 3.05) is 5.75 Å². The van der Waals surface area contributed by atoms with Crippen LogP contribution in [0.5, 0.6) is 0 Å². The summed E-state index contributed by atoms with van der Waals surface area (Å²) in [4.78, 5) is 14.3. The van der Waals surface area contributed by atoms with E-state index in [0.717, 1.165) is 6.08 Å². The largest absolute Gasteiger partial charge is 0.366 e. The highest BCUT2D eigenvalue weighted by molar-refractivity contribution is 7.86. The first-order valence-electron chi connectivity index (χ1n) is 3.38. The van der Waals surface area contributed by atoms with Crippen LogP contribution in [0.3, 0.4) is 0 Å². The van der Waals surface area contributed by atoms with Gasteiger partial charge >= 0.3 is 16.1 Å². The highest BCUT2D eigenvalue weighted by atomic mass is 32.2. The molecule has 6 heteroatoms. The first-order valence-corrected chi connectivity index (χ1v) is 4.96. The minimum atomic E-state index is -3.83. The van der Waals surface area contributed by atoms with E-state index in [9.17, 15) is 13.2 Å². The molecule has 0 atom stereocenters. The number of carbonyl (C=O) groups excluding carboxylic acids is 1. The van der Waals surface area contributed by atoms with Crippen molar-refractivity contribution >= 4 is 16.1 Å². The van der Waals surface area contributed by atoms with Gasteiger partial charge in [0.25, 0.3) is 0 Å². The molecule has 0 saturated heterocycles. The second-order valence-corrected chi connectivity index (χ2v) is 3.55. The third-order valence-electron chi connectivity index (χ3n) is 0.923. The predicted molar refractivity (Wildman–Crippen MR) is 46.0 cm³/mol. The van der Waals surface area contributed by atoms with Gasteiger partial charge in [0, 0.05) is 6.08 Å². The van der Waals surface area contributed by atoms with E-state index in [1.165, 1.54) is 12.2 Å². The maximum absolute atomic E-state index is 10.8. The molecule has 0 aliphatic rings. The summed E-state index contributed by atoms with van der Waals surface area (Å²) in [5, 5.41) is 0. The smallest absolute Gasteiger partial charge is 0.277 e. The SMILES string of the molecule is C=CC(=O)OOS(=O)(=O)CC=CC. The Morgan fingerprint density at radius 1 is 1.54 bits per heavy atom. The minimum Gasteiger partial charge on any atom is -0.277 e. The Labute approximate surface area is 76.7 Å². The summed E-state index contributed by atoms with van der Waals surface area (Å²) in [7, 11) is -3.83. The van der Waals surface area contributed by atoms with Gasteiger partial charge in [-0.05, 0) is 6.92 Å². The molecule has 0 aromatic rings. The summed E-state index contributed by atoms with van der Waals surface area (Å²) in [6.07, 6.45) is 3.69. The molecule has 0 amide bonds. The molecule has 0 unspecified atom stereocenters. The molecule has 0 spiro atoms. The molecule has 74 valence electrons. The van der Waals surface area contributed by atoms with Gasteiger partial charge in [0.1, 0.15) is 0 Å². The van der Waals surface area contributed by atoms with Crippen LogP contribution < -0.4 is 0 Å². The zero-order chi connectivity index (χ0) is 10.3.